The molecule has 1 N–H and O–H groups in total. The standard InChI is InChI=1S/C15H20N2O4S/c1-3-7-13(18)17-11-10-15(17,2)14(19)16-22(20,21)12-8-5-4-6-9-12/h4-6,8-9H,3,7,10-11H2,1-2H3,(H,16,19). The van der Waals surface area contributed by atoms with E-state index in [1.807, 2.05) is 6.92 Å². The number of rotatable bonds is 5. The van der Waals surface area contributed by atoms with E-state index in [4.69, 9.17) is 0 Å². The number of carbonyl (C=O) groups excluding carboxylic acids is 2. The van der Waals surface area contributed by atoms with Gasteiger partial charge in [0, 0.05) is 13.0 Å². The van der Waals surface area contributed by atoms with E-state index in [9.17, 15) is 18.0 Å². The smallest absolute Gasteiger partial charge is 0.264 e. The van der Waals surface area contributed by atoms with Crippen LogP contribution in [0.3, 0.4) is 0 Å². The van der Waals surface area contributed by atoms with Gasteiger partial charge in [-0.25, -0.2) is 13.1 Å². The molecule has 1 aliphatic rings. The molecule has 1 aromatic carbocycles. The molecule has 2 amide bonds. The second-order valence-electron chi connectivity index (χ2n) is 5.57. The lowest BCUT2D eigenvalue weighted by Gasteiger charge is -2.48. The Hall–Kier alpha value is -1.89. The van der Waals surface area contributed by atoms with Crippen molar-refractivity contribution in [3.63, 3.8) is 0 Å². The van der Waals surface area contributed by atoms with Crippen molar-refractivity contribution < 1.29 is 18.0 Å². The third kappa shape index (κ3) is 2.99. The molecule has 0 radical (unpaired) electrons. The first-order valence-electron chi connectivity index (χ1n) is 7.24. The van der Waals surface area contributed by atoms with Gasteiger partial charge in [0.05, 0.1) is 4.90 Å². The topological polar surface area (TPSA) is 83.6 Å². The van der Waals surface area contributed by atoms with Gasteiger partial charge >= 0.3 is 0 Å². The van der Waals surface area contributed by atoms with Crippen molar-refractivity contribution in [2.75, 3.05) is 6.54 Å². The number of benzene rings is 1. The van der Waals surface area contributed by atoms with Crippen LogP contribution in [0, 0.1) is 0 Å². The Morgan fingerprint density at radius 2 is 1.91 bits per heavy atom. The summed E-state index contributed by atoms with van der Waals surface area (Å²) >= 11 is 0. The fourth-order valence-corrected chi connectivity index (χ4v) is 3.53. The van der Waals surface area contributed by atoms with E-state index in [0.29, 0.717) is 25.8 Å². The summed E-state index contributed by atoms with van der Waals surface area (Å²) in [6.07, 6.45) is 1.50. The minimum atomic E-state index is -3.92. The molecule has 0 aromatic heterocycles. The molecule has 1 aliphatic heterocycles. The summed E-state index contributed by atoms with van der Waals surface area (Å²) in [4.78, 5) is 25.8. The second-order valence-corrected chi connectivity index (χ2v) is 7.25. The average Bonchev–Trinajstić information content (AvgIpc) is 2.46. The van der Waals surface area contributed by atoms with E-state index >= 15 is 0 Å². The maximum atomic E-state index is 12.4. The zero-order valence-corrected chi connectivity index (χ0v) is 13.5. The van der Waals surface area contributed by atoms with Gasteiger partial charge in [-0.1, -0.05) is 25.1 Å². The van der Waals surface area contributed by atoms with Gasteiger partial charge in [-0.2, -0.15) is 0 Å². The molecule has 1 unspecified atom stereocenters. The molecular formula is C15H20N2O4S. The molecule has 1 saturated heterocycles. The molecular weight excluding hydrogens is 304 g/mol. The first-order valence-corrected chi connectivity index (χ1v) is 8.72. The van der Waals surface area contributed by atoms with Crippen molar-refractivity contribution in [1.29, 1.82) is 0 Å². The summed E-state index contributed by atoms with van der Waals surface area (Å²) in [7, 11) is -3.92. The Morgan fingerprint density at radius 3 is 2.41 bits per heavy atom. The number of likely N-dealkylation sites (tertiary alicyclic amines) is 1. The van der Waals surface area contributed by atoms with Crippen LogP contribution >= 0.6 is 0 Å². The van der Waals surface area contributed by atoms with E-state index < -0.39 is 21.5 Å². The lowest BCUT2D eigenvalue weighted by Crippen LogP contribution is -2.67. The minimum absolute atomic E-state index is 0.0257. The third-order valence-electron chi connectivity index (χ3n) is 3.95. The zero-order chi connectivity index (χ0) is 16.4. The van der Waals surface area contributed by atoms with Gasteiger partial charge in [-0.3, -0.25) is 9.59 Å². The highest BCUT2D eigenvalue weighted by molar-refractivity contribution is 7.90. The number of amides is 2. The normalized spacial score (nSPS) is 21.1. The van der Waals surface area contributed by atoms with Gasteiger partial charge < -0.3 is 4.90 Å². The van der Waals surface area contributed by atoms with Crippen molar-refractivity contribution in [3.8, 4) is 0 Å². The first-order chi connectivity index (χ1) is 10.3. The van der Waals surface area contributed by atoms with Crippen LogP contribution in [-0.4, -0.2) is 37.2 Å². The molecule has 2 rings (SSSR count). The summed E-state index contributed by atoms with van der Waals surface area (Å²) in [5.74, 6) is -0.782. The minimum Gasteiger partial charge on any atom is -0.328 e. The molecule has 0 aliphatic carbocycles. The van der Waals surface area contributed by atoms with Crippen molar-refractivity contribution in [3.05, 3.63) is 30.3 Å². The predicted octanol–water partition coefficient (Wildman–Crippen LogP) is 1.28. The summed E-state index contributed by atoms with van der Waals surface area (Å²) in [6, 6.07) is 7.69. The molecule has 1 fully saturated rings. The monoisotopic (exact) mass is 324 g/mol. The van der Waals surface area contributed by atoms with Crippen LogP contribution in [0.25, 0.3) is 0 Å². The number of sulfonamides is 1. The van der Waals surface area contributed by atoms with E-state index in [1.54, 1.807) is 25.1 Å². The maximum absolute atomic E-state index is 12.4. The predicted molar refractivity (Wildman–Crippen MR) is 81.4 cm³/mol. The average molecular weight is 324 g/mol. The molecule has 0 spiro atoms. The zero-order valence-electron chi connectivity index (χ0n) is 12.7. The van der Waals surface area contributed by atoms with Crippen molar-refractivity contribution in [1.82, 2.24) is 9.62 Å². The van der Waals surface area contributed by atoms with Gasteiger partial charge in [0.15, 0.2) is 0 Å². The highest BCUT2D eigenvalue weighted by atomic mass is 32.2. The molecule has 1 aromatic rings. The van der Waals surface area contributed by atoms with E-state index in [1.165, 1.54) is 17.0 Å². The van der Waals surface area contributed by atoms with Crippen LogP contribution in [0.15, 0.2) is 35.2 Å². The molecule has 120 valence electrons. The Labute approximate surface area is 130 Å². The van der Waals surface area contributed by atoms with Crippen LogP contribution < -0.4 is 4.72 Å². The Balaban J connectivity index is 2.14. The van der Waals surface area contributed by atoms with Crippen LogP contribution in [0.1, 0.15) is 33.1 Å². The Kier molecular flexibility index (Phi) is 4.55. The number of nitrogens with one attached hydrogen (secondary N) is 1. The van der Waals surface area contributed by atoms with E-state index in [0.717, 1.165) is 0 Å². The SMILES string of the molecule is CCCC(=O)N1CCC1(C)C(=O)NS(=O)(=O)c1ccccc1. The van der Waals surface area contributed by atoms with Crippen LogP contribution in [0.2, 0.25) is 0 Å². The molecule has 1 heterocycles. The maximum Gasteiger partial charge on any atom is 0.264 e. The molecule has 0 saturated carbocycles. The summed E-state index contributed by atoms with van der Waals surface area (Å²) < 4.78 is 26.5. The Morgan fingerprint density at radius 1 is 1.27 bits per heavy atom. The molecule has 0 bridgehead atoms. The molecule has 7 heteroatoms. The van der Waals surface area contributed by atoms with Gasteiger partial charge in [-0.05, 0) is 31.9 Å². The number of hydrogen-bond acceptors (Lipinski definition) is 4. The van der Waals surface area contributed by atoms with Crippen LogP contribution in [-0.2, 0) is 19.6 Å². The first kappa shape index (κ1) is 16.5. The highest BCUT2D eigenvalue weighted by Crippen LogP contribution is 2.31. The molecule has 22 heavy (non-hydrogen) atoms. The number of nitrogens with zero attached hydrogens (tertiary/aromatic N) is 1. The van der Waals surface area contributed by atoms with Gasteiger partial charge in [0.25, 0.3) is 15.9 Å². The third-order valence-corrected chi connectivity index (χ3v) is 5.30. The second kappa shape index (κ2) is 6.08. The van der Waals surface area contributed by atoms with E-state index in [2.05, 4.69) is 4.72 Å². The van der Waals surface area contributed by atoms with E-state index in [-0.39, 0.29) is 10.8 Å². The largest absolute Gasteiger partial charge is 0.328 e. The molecule has 1 atom stereocenters. The Bertz CT molecular complexity index is 672. The van der Waals surface area contributed by atoms with Crippen LogP contribution in [0.4, 0.5) is 0 Å². The van der Waals surface area contributed by atoms with Crippen molar-refractivity contribution in [2.24, 2.45) is 0 Å². The summed E-state index contributed by atoms with van der Waals surface area (Å²) in [5, 5.41) is 0. The lowest BCUT2D eigenvalue weighted by atomic mass is 9.85. The van der Waals surface area contributed by atoms with Crippen molar-refractivity contribution in [2.45, 2.75) is 43.5 Å². The fraction of sp³-hybridized carbons (Fsp3) is 0.467. The fourth-order valence-electron chi connectivity index (χ4n) is 2.43. The number of hydrogen-bond donors (Lipinski definition) is 1. The number of carbonyl (C=O) groups is 2. The van der Waals surface area contributed by atoms with Gasteiger partial charge in [0.2, 0.25) is 5.91 Å². The van der Waals surface area contributed by atoms with Gasteiger partial charge in [-0.15, -0.1) is 0 Å². The summed E-state index contributed by atoms with van der Waals surface area (Å²) in [5.41, 5.74) is -1.09. The summed E-state index contributed by atoms with van der Waals surface area (Å²) in [6.45, 7) is 3.96. The van der Waals surface area contributed by atoms with Crippen LogP contribution in [0.5, 0.6) is 0 Å². The highest BCUT2D eigenvalue weighted by Gasteiger charge is 2.50. The van der Waals surface area contributed by atoms with Crippen molar-refractivity contribution >= 4 is 21.8 Å². The molecule has 6 nitrogen and oxygen atoms in total. The quantitative estimate of drug-likeness (QED) is 0.884. The lowest BCUT2D eigenvalue weighted by molar-refractivity contribution is -0.156. The van der Waals surface area contributed by atoms with Gasteiger partial charge in [0.1, 0.15) is 5.54 Å².